The van der Waals surface area contributed by atoms with E-state index in [0.29, 0.717) is 5.52 Å². The summed E-state index contributed by atoms with van der Waals surface area (Å²) in [5.41, 5.74) is 1.36. The Hall–Kier alpha value is -3.03. The van der Waals surface area contributed by atoms with E-state index in [2.05, 4.69) is 15.5 Å². The number of anilines is 1. The molecular formula is C12H9N3O5. The number of amides is 1. The lowest BCUT2D eigenvalue weighted by Gasteiger charge is -1.97. The van der Waals surface area contributed by atoms with Gasteiger partial charge in [-0.1, -0.05) is 0 Å². The number of hydrogen-bond donors (Lipinski definition) is 3. The minimum Gasteiger partial charge on any atom is -0.475 e. The van der Waals surface area contributed by atoms with E-state index in [0.717, 1.165) is 5.56 Å². The molecule has 0 unspecified atom stereocenters. The highest BCUT2D eigenvalue weighted by molar-refractivity contribution is 6.05. The SMILES string of the molecule is Cc1coc(C(=O)Nc2n[nH]c3cc(C(=O)O)oc23)c1. The lowest BCUT2D eigenvalue weighted by molar-refractivity contribution is 0.0665. The van der Waals surface area contributed by atoms with E-state index in [9.17, 15) is 9.59 Å². The number of aromatic nitrogens is 2. The normalized spacial score (nSPS) is 10.8. The van der Waals surface area contributed by atoms with E-state index in [1.54, 1.807) is 13.0 Å². The van der Waals surface area contributed by atoms with Crippen molar-refractivity contribution in [2.24, 2.45) is 0 Å². The molecule has 0 fully saturated rings. The number of nitrogens with zero attached hydrogens (tertiary/aromatic N) is 1. The van der Waals surface area contributed by atoms with Gasteiger partial charge in [0.05, 0.1) is 6.26 Å². The number of aromatic amines is 1. The summed E-state index contributed by atoms with van der Waals surface area (Å²) in [6.45, 7) is 1.79. The van der Waals surface area contributed by atoms with Crippen molar-refractivity contribution in [3.63, 3.8) is 0 Å². The fraction of sp³-hybridized carbons (Fsp3) is 0.0833. The minimum absolute atomic E-state index is 0.103. The largest absolute Gasteiger partial charge is 0.475 e. The molecule has 0 aliphatic rings. The van der Waals surface area contributed by atoms with Gasteiger partial charge in [-0.15, -0.1) is 0 Å². The molecule has 3 heterocycles. The molecule has 3 aromatic rings. The highest BCUT2D eigenvalue weighted by Gasteiger charge is 2.19. The van der Waals surface area contributed by atoms with E-state index in [1.165, 1.54) is 12.3 Å². The summed E-state index contributed by atoms with van der Waals surface area (Å²) in [7, 11) is 0. The number of nitrogens with one attached hydrogen (secondary N) is 2. The number of furan rings is 2. The number of carboxylic acid groups (broad SMARTS) is 1. The van der Waals surface area contributed by atoms with Gasteiger partial charge in [0.15, 0.2) is 17.2 Å². The Labute approximate surface area is 111 Å². The Morgan fingerprint density at radius 3 is 2.80 bits per heavy atom. The highest BCUT2D eigenvalue weighted by atomic mass is 16.4. The van der Waals surface area contributed by atoms with E-state index < -0.39 is 11.9 Å². The van der Waals surface area contributed by atoms with Crippen LogP contribution in [0.25, 0.3) is 11.1 Å². The van der Waals surface area contributed by atoms with Gasteiger partial charge < -0.3 is 13.9 Å². The molecule has 0 aromatic carbocycles. The summed E-state index contributed by atoms with van der Waals surface area (Å²) in [6.07, 6.45) is 1.45. The van der Waals surface area contributed by atoms with Gasteiger partial charge in [0.2, 0.25) is 5.76 Å². The van der Waals surface area contributed by atoms with Gasteiger partial charge in [-0.25, -0.2) is 4.79 Å². The van der Waals surface area contributed by atoms with Crippen molar-refractivity contribution in [1.82, 2.24) is 10.2 Å². The molecule has 3 rings (SSSR count). The number of rotatable bonds is 3. The molecule has 8 heteroatoms. The Bertz CT molecular complexity index is 810. The maximum absolute atomic E-state index is 11.9. The summed E-state index contributed by atoms with van der Waals surface area (Å²) >= 11 is 0. The highest BCUT2D eigenvalue weighted by Crippen LogP contribution is 2.24. The molecule has 0 aliphatic carbocycles. The van der Waals surface area contributed by atoms with Gasteiger partial charge in [0.25, 0.3) is 5.91 Å². The fourth-order valence-electron chi connectivity index (χ4n) is 1.73. The minimum atomic E-state index is -1.20. The average Bonchev–Trinajstić information content (AvgIpc) is 3.05. The van der Waals surface area contributed by atoms with Gasteiger partial charge >= 0.3 is 5.97 Å². The first kappa shape index (κ1) is 12.0. The zero-order valence-corrected chi connectivity index (χ0v) is 10.3. The molecule has 0 aliphatic heterocycles. The van der Waals surface area contributed by atoms with Crippen molar-refractivity contribution in [2.45, 2.75) is 6.92 Å². The summed E-state index contributed by atoms with van der Waals surface area (Å²) < 4.78 is 10.2. The Morgan fingerprint density at radius 2 is 2.15 bits per heavy atom. The Balaban J connectivity index is 1.90. The third-order valence-corrected chi connectivity index (χ3v) is 2.63. The number of fused-ring (bicyclic) bond motifs is 1. The molecule has 0 saturated carbocycles. The maximum atomic E-state index is 11.9. The van der Waals surface area contributed by atoms with Crippen LogP contribution in [0.5, 0.6) is 0 Å². The number of carbonyl (C=O) groups is 2. The van der Waals surface area contributed by atoms with Gasteiger partial charge in [0, 0.05) is 6.07 Å². The maximum Gasteiger partial charge on any atom is 0.371 e. The summed E-state index contributed by atoms with van der Waals surface area (Å²) in [6, 6.07) is 2.86. The van der Waals surface area contributed by atoms with E-state index in [-0.39, 0.29) is 22.9 Å². The van der Waals surface area contributed by atoms with Gasteiger partial charge in [-0.3, -0.25) is 15.2 Å². The Morgan fingerprint density at radius 1 is 1.35 bits per heavy atom. The molecule has 1 amide bonds. The van der Waals surface area contributed by atoms with Crippen molar-refractivity contribution in [2.75, 3.05) is 5.32 Å². The van der Waals surface area contributed by atoms with Crippen LogP contribution in [0.2, 0.25) is 0 Å². The van der Waals surface area contributed by atoms with Crippen LogP contribution in [0, 0.1) is 6.92 Å². The number of carbonyl (C=O) groups excluding carboxylic acids is 1. The van der Waals surface area contributed by atoms with Gasteiger partial charge in [0.1, 0.15) is 5.52 Å². The number of H-pyrrole nitrogens is 1. The van der Waals surface area contributed by atoms with Crippen LogP contribution >= 0.6 is 0 Å². The van der Waals surface area contributed by atoms with E-state index >= 15 is 0 Å². The van der Waals surface area contributed by atoms with Crippen LogP contribution in [0.3, 0.4) is 0 Å². The predicted octanol–water partition coefficient (Wildman–Crippen LogP) is 2.01. The smallest absolute Gasteiger partial charge is 0.371 e. The third kappa shape index (κ3) is 1.92. The van der Waals surface area contributed by atoms with Crippen molar-refractivity contribution >= 4 is 28.8 Å². The van der Waals surface area contributed by atoms with Crippen LogP contribution in [-0.4, -0.2) is 27.2 Å². The zero-order chi connectivity index (χ0) is 14.3. The molecule has 0 saturated heterocycles. The van der Waals surface area contributed by atoms with Crippen molar-refractivity contribution in [3.8, 4) is 0 Å². The predicted molar refractivity (Wildman–Crippen MR) is 66.7 cm³/mol. The molecule has 8 nitrogen and oxygen atoms in total. The summed E-state index contributed by atoms with van der Waals surface area (Å²) in [5, 5.41) is 17.7. The topological polar surface area (TPSA) is 121 Å². The van der Waals surface area contributed by atoms with E-state index in [1.807, 2.05) is 0 Å². The molecule has 102 valence electrons. The molecular weight excluding hydrogens is 266 g/mol. The molecule has 0 spiro atoms. The summed E-state index contributed by atoms with van der Waals surface area (Å²) in [4.78, 5) is 22.7. The second-order valence-electron chi connectivity index (χ2n) is 4.17. The lowest BCUT2D eigenvalue weighted by Crippen LogP contribution is -2.11. The molecule has 0 atom stereocenters. The third-order valence-electron chi connectivity index (χ3n) is 2.63. The van der Waals surface area contributed by atoms with Crippen LogP contribution in [0.1, 0.15) is 26.7 Å². The molecule has 20 heavy (non-hydrogen) atoms. The van der Waals surface area contributed by atoms with Crippen molar-refractivity contribution in [1.29, 1.82) is 0 Å². The number of aromatic carboxylic acids is 1. The van der Waals surface area contributed by atoms with Gasteiger partial charge in [-0.05, 0) is 18.6 Å². The van der Waals surface area contributed by atoms with Crippen LogP contribution in [0.4, 0.5) is 5.82 Å². The molecule has 0 radical (unpaired) electrons. The molecule has 0 bridgehead atoms. The Kier molecular flexibility index (Phi) is 2.56. The number of aryl methyl sites for hydroxylation is 1. The van der Waals surface area contributed by atoms with E-state index in [4.69, 9.17) is 13.9 Å². The number of carboxylic acids is 1. The molecule has 3 aromatic heterocycles. The van der Waals surface area contributed by atoms with Crippen molar-refractivity contribution < 1.29 is 23.5 Å². The first-order chi connectivity index (χ1) is 9.54. The quantitative estimate of drug-likeness (QED) is 0.672. The molecule has 3 N–H and O–H groups in total. The second kappa shape index (κ2) is 4.26. The lowest BCUT2D eigenvalue weighted by atomic mass is 10.3. The second-order valence-corrected chi connectivity index (χ2v) is 4.17. The number of hydrogen-bond acceptors (Lipinski definition) is 5. The van der Waals surface area contributed by atoms with Crippen LogP contribution in [-0.2, 0) is 0 Å². The first-order valence-electron chi connectivity index (χ1n) is 5.62. The first-order valence-corrected chi connectivity index (χ1v) is 5.62. The zero-order valence-electron chi connectivity index (χ0n) is 10.3. The van der Waals surface area contributed by atoms with Crippen LogP contribution < -0.4 is 5.32 Å². The standard InChI is InChI=1S/C12H9N3O5/c1-5-2-7(19-4-5)11(16)13-10-9-6(14-15-10)3-8(20-9)12(17)18/h2-4H,1H3,(H,17,18)(H2,13,14,15,16). The van der Waals surface area contributed by atoms with Crippen molar-refractivity contribution in [3.05, 3.63) is 35.5 Å². The van der Waals surface area contributed by atoms with Crippen LogP contribution in [0.15, 0.2) is 27.2 Å². The van der Waals surface area contributed by atoms with Gasteiger partial charge in [-0.2, -0.15) is 5.10 Å². The summed E-state index contributed by atoms with van der Waals surface area (Å²) in [5.74, 6) is -1.71. The fourth-order valence-corrected chi connectivity index (χ4v) is 1.73. The average molecular weight is 275 g/mol. The monoisotopic (exact) mass is 275 g/mol.